The van der Waals surface area contributed by atoms with E-state index in [1.807, 2.05) is 6.92 Å². The molecule has 0 spiro atoms. The van der Waals surface area contributed by atoms with E-state index in [1.54, 1.807) is 12.3 Å². The van der Waals surface area contributed by atoms with Crippen molar-refractivity contribution in [2.24, 2.45) is 28.6 Å². The molecule has 0 aliphatic heterocycles. The molecule has 4 rings (SSSR count). The Bertz CT molecular complexity index is 721. The molecule has 2 fully saturated rings. The highest BCUT2D eigenvalue weighted by molar-refractivity contribution is 6.00. The lowest BCUT2D eigenvalue weighted by molar-refractivity contribution is -0.190. The average Bonchev–Trinajstić information content (AvgIpc) is 3.04. The van der Waals surface area contributed by atoms with Crippen LogP contribution in [0, 0.1) is 28.6 Å². The van der Waals surface area contributed by atoms with Crippen LogP contribution in [0.5, 0.6) is 0 Å². The van der Waals surface area contributed by atoms with Crippen molar-refractivity contribution < 1.29 is 23.8 Å². The molecule has 136 valence electrons. The first-order chi connectivity index (χ1) is 11.8. The summed E-state index contributed by atoms with van der Waals surface area (Å²) in [6.07, 6.45) is 4.55. The molecule has 2 saturated carbocycles. The van der Waals surface area contributed by atoms with Crippen LogP contribution in [0.25, 0.3) is 0 Å². The number of rotatable bonds is 1. The number of ketones is 1. The second-order valence-corrected chi connectivity index (χ2v) is 8.59. The molecule has 1 aromatic heterocycles. The first-order valence-electron chi connectivity index (χ1n) is 9.20. The number of furan rings is 1. The van der Waals surface area contributed by atoms with Crippen molar-refractivity contribution in [2.45, 2.75) is 52.1 Å². The van der Waals surface area contributed by atoms with Gasteiger partial charge in [-0.25, -0.2) is 0 Å². The van der Waals surface area contributed by atoms with Crippen LogP contribution in [-0.2, 0) is 16.0 Å². The lowest BCUT2D eigenvalue weighted by atomic mass is 9.43. The normalized spacial score (nSPS) is 43.0. The van der Waals surface area contributed by atoms with E-state index in [0.717, 1.165) is 18.6 Å². The summed E-state index contributed by atoms with van der Waals surface area (Å²) < 4.78 is 10.7. The summed E-state index contributed by atoms with van der Waals surface area (Å²) in [4.78, 5) is 25.6. The molecule has 0 aromatic carbocycles. The van der Waals surface area contributed by atoms with E-state index >= 15 is 0 Å². The first-order valence-corrected chi connectivity index (χ1v) is 9.20. The van der Waals surface area contributed by atoms with E-state index in [0.29, 0.717) is 24.8 Å². The molecule has 25 heavy (non-hydrogen) atoms. The number of aliphatic hydroxyl groups is 1. The van der Waals surface area contributed by atoms with Crippen LogP contribution in [0.3, 0.4) is 0 Å². The maximum Gasteiger partial charge on any atom is 0.311 e. The quantitative estimate of drug-likeness (QED) is 0.791. The highest BCUT2D eigenvalue weighted by Crippen LogP contribution is 2.63. The minimum atomic E-state index is -0.710. The standard InChI is InChI=1S/C20H26O5/c1-19-6-4-7-20(2,18(23)24-3)17(19)14(21)9-12-13(19)10-15-11(16(12)22)5-8-25-15/h5,8,12-14,17,21H,4,6-7,9-10H2,1-3H3. The highest BCUT2D eigenvalue weighted by atomic mass is 16.5. The lowest BCUT2D eigenvalue weighted by Gasteiger charge is -2.60. The van der Waals surface area contributed by atoms with Gasteiger partial charge in [0.1, 0.15) is 5.76 Å². The third-order valence-electron chi connectivity index (χ3n) is 7.43. The van der Waals surface area contributed by atoms with E-state index in [2.05, 4.69) is 6.92 Å². The number of esters is 1. The summed E-state index contributed by atoms with van der Waals surface area (Å²) in [5, 5.41) is 11.0. The van der Waals surface area contributed by atoms with Gasteiger partial charge >= 0.3 is 5.97 Å². The van der Waals surface area contributed by atoms with E-state index in [4.69, 9.17) is 9.15 Å². The molecule has 3 aliphatic carbocycles. The predicted octanol–water partition coefficient (Wildman–Crippen LogP) is 3.00. The summed E-state index contributed by atoms with van der Waals surface area (Å²) in [7, 11) is 1.41. The monoisotopic (exact) mass is 346 g/mol. The number of hydrogen-bond donors (Lipinski definition) is 1. The first kappa shape index (κ1) is 16.8. The van der Waals surface area contributed by atoms with E-state index < -0.39 is 11.5 Å². The Morgan fingerprint density at radius 3 is 2.84 bits per heavy atom. The largest absolute Gasteiger partial charge is 0.469 e. The molecule has 1 aromatic rings. The summed E-state index contributed by atoms with van der Waals surface area (Å²) in [6, 6.07) is 1.74. The molecule has 0 amide bonds. The van der Waals surface area contributed by atoms with Gasteiger partial charge in [-0.3, -0.25) is 9.59 Å². The van der Waals surface area contributed by atoms with Gasteiger partial charge in [-0.1, -0.05) is 13.3 Å². The Morgan fingerprint density at radius 1 is 1.36 bits per heavy atom. The van der Waals surface area contributed by atoms with E-state index in [-0.39, 0.29) is 34.9 Å². The van der Waals surface area contributed by atoms with Crippen molar-refractivity contribution in [3.8, 4) is 0 Å². The Hall–Kier alpha value is -1.62. The fourth-order valence-electron chi connectivity index (χ4n) is 6.42. The van der Waals surface area contributed by atoms with Crippen LogP contribution < -0.4 is 0 Å². The Kier molecular flexibility index (Phi) is 3.66. The molecule has 6 unspecified atom stereocenters. The maximum absolute atomic E-state index is 13.0. The number of aliphatic hydroxyl groups excluding tert-OH is 1. The molecule has 6 atom stereocenters. The Morgan fingerprint density at radius 2 is 2.12 bits per heavy atom. The second kappa shape index (κ2) is 5.44. The van der Waals surface area contributed by atoms with E-state index in [1.165, 1.54) is 7.11 Å². The zero-order valence-corrected chi connectivity index (χ0v) is 15.1. The number of ether oxygens (including phenoxy) is 1. The summed E-state index contributed by atoms with van der Waals surface area (Å²) in [5.74, 6) is 0.295. The van der Waals surface area contributed by atoms with Crippen LogP contribution in [0.15, 0.2) is 16.7 Å². The van der Waals surface area contributed by atoms with Crippen molar-refractivity contribution in [3.05, 3.63) is 23.7 Å². The second-order valence-electron chi connectivity index (χ2n) is 8.59. The summed E-state index contributed by atoms with van der Waals surface area (Å²) in [5.41, 5.74) is -0.329. The van der Waals surface area contributed by atoms with Gasteiger partial charge in [0.05, 0.1) is 30.5 Å². The number of fused-ring (bicyclic) bond motifs is 4. The zero-order chi connectivity index (χ0) is 18.0. The predicted molar refractivity (Wildman–Crippen MR) is 89.9 cm³/mol. The van der Waals surface area contributed by atoms with Crippen LogP contribution in [0.2, 0.25) is 0 Å². The van der Waals surface area contributed by atoms with Gasteiger partial charge in [-0.05, 0) is 43.6 Å². The average molecular weight is 346 g/mol. The smallest absolute Gasteiger partial charge is 0.311 e. The molecule has 0 saturated heterocycles. The van der Waals surface area contributed by atoms with Crippen LogP contribution in [0.4, 0.5) is 0 Å². The van der Waals surface area contributed by atoms with Gasteiger partial charge in [0.15, 0.2) is 5.78 Å². The molecule has 1 N–H and O–H groups in total. The van der Waals surface area contributed by atoms with Crippen LogP contribution in [-0.4, -0.2) is 30.1 Å². The van der Waals surface area contributed by atoms with Crippen LogP contribution in [0.1, 0.15) is 55.6 Å². The number of hydrogen-bond acceptors (Lipinski definition) is 5. The van der Waals surface area contributed by atoms with Gasteiger partial charge in [0.2, 0.25) is 0 Å². The minimum Gasteiger partial charge on any atom is -0.469 e. The van der Waals surface area contributed by atoms with Crippen molar-refractivity contribution in [3.63, 3.8) is 0 Å². The third-order valence-corrected chi connectivity index (χ3v) is 7.43. The van der Waals surface area contributed by atoms with E-state index in [9.17, 15) is 14.7 Å². The van der Waals surface area contributed by atoms with Crippen LogP contribution >= 0.6 is 0 Å². The minimum absolute atomic E-state index is 0.0871. The zero-order valence-electron chi connectivity index (χ0n) is 15.1. The number of methoxy groups -OCH3 is 1. The lowest BCUT2D eigenvalue weighted by Crippen LogP contribution is -2.62. The van der Waals surface area contributed by atoms with Gasteiger partial charge in [-0.2, -0.15) is 0 Å². The van der Waals surface area contributed by atoms with Gasteiger partial charge in [-0.15, -0.1) is 0 Å². The topological polar surface area (TPSA) is 76.7 Å². The van der Waals surface area contributed by atoms with Gasteiger partial charge in [0, 0.05) is 18.3 Å². The SMILES string of the molecule is COC(=O)C1(C)CCCC2(C)C3Cc4occc4C(=O)C3CC(O)C12. The van der Waals surface area contributed by atoms with Crippen molar-refractivity contribution in [2.75, 3.05) is 7.11 Å². The molecule has 0 radical (unpaired) electrons. The number of carbonyl (C=O) groups is 2. The molecule has 3 aliphatic rings. The molecular weight excluding hydrogens is 320 g/mol. The van der Waals surface area contributed by atoms with Gasteiger partial charge in [0.25, 0.3) is 0 Å². The maximum atomic E-state index is 13.0. The molecule has 5 nitrogen and oxygen atoms in total. The summed E-state index contributed by atoms with van der Waals surface area (Å²) in [6.45, 7) is 4.08. The fraction of sp³-hybridized carbons (Fsp3) is 0.700. The number of carbonyl (C=O) groups excluding carboxylic acids is 2. The molecular formula is C20H26O5. The Labute approximate surface area is 147 Å². The number of Topliss-reactive ketones (excluding diaryl/α,β-unsaturated/α-hetero) is 1. The fourth-order valence-corrected chi connectivity index (χ4v) is 6.42. The van der Waals surface area contributed by atoms with Crippen molar-refractivity contribution >= 4 is 11.8 Å². The molecule has 5 heteroatoms. The third kappa shape index (κ3) is 2.11. The molecule has 0 bridgehead atoms. The highest BCUT2D eigenvalue weighted by Gasteiger charge is 2.64. The molecule has 1 heterocycles. The summed E-state index contributed by atoms with van der Waals surface area (Å²) >= 11 is 0. The van der Waals surface area contributed by atoms with Crippen molar-refractivity contribution in [1.82, 2.24) is 0 Å². The Balaban J connectivity index is 1.80. The van der Waals surface area contributed by atoms with Crippen molar-refractivity contribution in [1.29, 1.82) is 0 Å². The van der Waals surface area contributed by atoms with Gasteiger partial charge < -0.3 is 14.3 Å².